The van der Waals surface area contributed by atoms with Crippen molar-refractivity contribution < 1.29 is 23.8 Å². The van der Waals surface area contributed by atoms with E-state index in [0.29, 0.717) is 0 Å². The number of ketones is 1. The summed E-state index contributed by atoms with van der Waals surface area (Å²) in [7, 11) is 1.85. The third kappa shape index (κ3) is 4.80. The van der Waals surface area contributed by atoms with Gasteiger partial charge >= 0.3 is 5.97 Å². The fraction of sp³-hybridized carbons (Fsp3) is 0.261. The summed E-state index contributed by atoms with van der Waals surface area (Å²) in [5.41, 5.74) is 3.15. The Kier molecular flexibility index (Phi) is 6.74. The fourth-order valence-electron chi connectivity index (χ4n) is 3.34. The van der Waals surface area contributed by atoms with E-state index in [-0.39, 0.29) is 25.3 Å². The first-order chi connectivity index (χ1) is 14.4. The summed E-state index contributed by atoms with van der Waals surface area (Å²) in [6.07, 6.45) is 3.29. The zero-order chi connectivity index (χ0) is 21.7. The average Bonchev–Trinajstić information content (AvgIpc) is 2.99. The first-order valence-electron chi connectivity index (χ1n) is 9.63. The number of carbonyl (C=O) groups is 2. The Bertz CT molecular complexity index is 1090. The number of rotatable bonds is 8. The molecule has 3 rings (SSSR count). The van der Waals surface area contributed by atoms with Crippen LogP contribution in [0.15, 0.2) is 48.7 Å². The Labute approximate surface area is 173 Å². The second-order valence-electron chi connectivity index (χ2n) is 6.85. The van der Waals surface area contributed by atoms with Crippen LogP contribution in [-0.2, 0) is 21.4 Å². The number of benzene rings is 1. The number of ether oxygens (including phenoxy) is 1. The SMILES string of the molecule is CCOC(=O)CC(=O)CC(O)C=Cc1c(-c2ccc(F)cc2)c2cccnc2n1C. The van der Waals surface area contributed by atoms with Crippen molar-refractivity contribution in [2.45, 2.75) is 25.9 Å². The van der Waals surface area contributed by atoms with Crippen molar-refractivity contribution in [3.8, 4) is 11.1 Å². The Balaban J connectivity index is 1.89. The Morgan fingerprint density at radius 1 is 1.27 bits per heavy atom. The number of pyridine rings is 1. The summed E-state index contributed by atoms with van der Waals surface area (Å²) in [5.74, 6) is -1.33. The number of fused-ring (bicyclic) bond motifs is 1. The molecule has 0 aliphatic rings. The molecule has 30 heavy (non-hydrogen) atoms. The van der Waals surface area contributed by atoms with Crippen LogP contribution in [0.25, 0.3) is 28.2 Å². The van der Waals surface area contributed by atoms with E-state index in [1.807, 2.05) is 23.7 Å². The first kappa shape index (κ1) is 21.4. The van der Waals surface area contributed by atoms with Gasteiger partial charge in [-0.15, -0.1) is 0 Å². The lowest BCUT2D eigenvalue weighted by Gasteiger charge is -2.07. The van der Waals surface area contributed by atoms with Crippen molar-refractivity contribution in [3.05, 3.63) is 60.2 Å². The molecular formula is C23H23FN2O4. The number of aliphatic hydroxyl groups excluding tert-OH is 1. The molecule has 2 heterocycles. The van der Waals surface area contributed by atoms with E-state index < -0.39 is 17.9 Å². The van der Waals surface area contributed by atoms with Gasteiger partial charge in [-0.1, -0.05) is 18.2 Å². The van der Waals surface area contributed by atoms with E-state index in [1.54, 1.807) is 31.3 Å². The van der Waals surface area contributed by atoms with Gasteiger partial charge in [0.05, 0.1) is 18.4 Å². The van der Waals surface area contributed by atoms with E-state index in [0.717, 1.165) is 27.9 Å². The predicted molar refractivity (Wildman–Crippen MR) is 112 cm³/mol. The van der Waals surface area contributed by atoms with Gasteiger partial charge in [0, 0.05) is 30.6 Å². The maximum Gasteiger partial charge on any atom is 0.313 e. The second-order valence-corrected chi connectivity index (χ2v) is 6.85. The van der Waals surface area contributed by atoms with E-state index in [9.17, 15) is 19.1 Å². The molecule has 156 valence electrons. The number of aryl methyl sites for hydroxylation is 1. The molecule has 2 aromatic heterocycles. The molecule has 0 aliphatic heterocycles. The van der Waals surface area contributed by atoms with Gasteiger partial charge in [0.1, 0.15) is 23.7 Å². The number of hydrogen-bond acceptors (Lipinski definition) is 5. The van der Waals surface area contributed by atoms with Crippen molar-refractivity contribution >= 4 is 28.9 Å². The molecule has 6 nitrogen and oxygen atoms in total. The Hall–Kier alpha value is -3.32. The van der Waals surface area contributed by atoms with Crippen LogP contribution in [0.5, 0.6) is 0 Å². The molecule has 0 fully saturated rings. The summed E-state index contributed by atoms with van der Waals surface area (Å²) in [6.45, 7) is 1.87. The minimum absolute atomic E-state index is 0.191. The van der Waals surface area contributed by atoms with Crippen LogP contribution in [0.3, 0.4) is 0 Å². The quantitative estimate of drug-likeness (QED) is 0.453. The molecular weight excluding hydrogens is 387 g/mol. The van der Waals surface area contributed by atoms with Crippen molar-refractivity contribution in [1.82, 2.24) is 9.55 Å². The van der Waals surface area contributed by atoms with Crippen LogP contribution >= 0.6 is 0 Å². The van der Waals surface area contributed by atoms with Gasteiger partial charge in [-0.3, -0.25) is 9.59 Å². The minimum Gasteiger partial charge on any atom is -0.466 e. The predicted octanol–water partition coefficient (Wildman–Crippen LogP) is 3.67. The molecule has 1 atom stereocenters. The topological polar surface area (TPSA) is 81.4 Å². The van der Waals surface area contributed by atoms with Gasteiger partial charge in [-0.05, 0) is 42.8 Å². The lowest BCUT2D eigenvalue weighted by Crippen LogP contribution is -2.16. The monoisotopic (exact) mass is 410 g/mol. The maximum atomic E-state index is 13.4. The van der Waals surface area contributed by atoms with Gasteiger partial charge in [0.25, 0.3) is 0 Å². The van der Waals surface area contributed by atoms with Crippen LogP contribution in [0.4, 0.5) is 4.39 Å². The molecule has 0 bridgehead atoms. The summed E-state index contributed by atoms with van der Waals surface area (Å²) in [5, 5.41) is 11.1. The molecule has 0 amide bonds. The van der Waals surface area contributed by atoms with Crippen LogP contribution in [0.1, 0.15) is 25.5 Å². The van der Waals surface area contributed by atoms with E-state index >= 15 is 0 Å². The normalized spacial score (nSPS) is 12.4. The fourth-order valence-corrected chi connectivity index (χ4v) is 3.34. The summed E-state index contributed by atoms with van der Waals surface area (Å²) in [6, 6.07) is 9.91. The highest BCUT2D eigenvalue weighted by Crippen LogP contribution is 2.34. The lowest BCUT2D eigenvalue weighted by atomic mass is 10.0. The van der Waals surface area contributed by atoms with Gasteiger partial charge in [-0.25, -0.2) is 9.37 Å². The van der Waals surface area contributed by atoms with Crippen molar-refractivity contribution in [1.29, 1.82) is 0 Å². The highest BCUT2D eigenvalue weighted by atomic mass is 19.1. The minimum atomic E-state index is -1.06. The zero-order valence-electron chi connectivity index (χ0n) is 16.8. The van der Waals surface area contributed by atoms with Crippen molar-refractivity contribution in [2.75, 3.05) is 6.61 Å². The molecule has 1 N–H and O–H groups in total. The number of Topliss-reactive ketones (excluding diaryl/α,β-unsaturated/α-hetero) is 1. The van der Waals surface area contributed by atoms with E-state index in [1.165, 1.54) is 18.2 Å². The Morgan fingerprint density at radius 3 is 2.70 bits per heavy atom. The van der Waals surface area contributed by atoms with Crippen molar-refractivity contribution in [2.24, 2.45) is 7.05 Å². The van der Waals surface area contributed by atoms with Gasteiger partial charge < -0.3 is 14.4 Å². The highest BCUT2D eigenvalue weighted by Gasteiger charge is 2.17. The van der Waals surface area contributed by atoms with Gasteiger partial charge in [-0.2, -0.15) is 0 Å². The third-order valence-electron chi connectivity index (χ3n) is 4.68. The van der Waals surface area contributed by atoms with Crippen LogP contribution in [-0.4, -0.2) is 39.1 Å². The van der Waals surface area contributed by atoms with Crippen LogP contribution < -0.4 is 0 Å². The highest BCUT2D eigenvalue weighted by molar-refractivity contribution is 5.99. The Morgan fingerprint density at radius 2 is 2.00 bits per heavy atom. The molecule has 0 radical (unpaired) electrons. The lowest BCUT2D eigenvalue weighted by molar-refractivity contribution is -0.145. The molecule has 0 spiro atoms. The first-order valence-corrected chi connectivity index (χ1v) is 9.63. The van der Waals surface area contributed by atoms with Gasteiger partial charge in [0.15, 0.2) is 0 Å². The summed E-state index contributed by atoms with van der Waals surface area (Å²) >= 11 is 0. The zero-order valence-corrected chi connectivity index (χ0v) is 16.8. The van der Waals surface area contributed by atoms with E-state index in [2.05, 4.69) is 4.98 Å². The molecule has 1 unspecified atom stereocenters. The number of aliphatic hydroxyl groups is 1. The molecule has 0 aliphatic carbocycles. The molecule has 3 aromatic rings. The molecule has 7 heteroatoms. The number of esters is 1. The number of carbonyl (C=O) groups excluding carboxylic acids is 2. The number of nitrogens with zero attached hydrogens (tertiary/aromatic N) is 2. The van der Waals surface area contributed by atoms with E-state index in [4.69, 9.17) is 4.74 Å². The number of halogens is 1. The average molecular weight is 410 g/mol. The smallest absolute Gasteiger partial charge is 0.313 e. The second kappa shape index (κ2) is 9.45. The molecule has 0 saturated heterocycles. The maximum absolute atomic E-state index is 13.4. The molecule has 1 aromatic carbocycles. The summed E-state index contributed by atoms with van der Waals surface area (Å²) < 4.78 is 20.0. The summed E-state index contributed by atoms with van der Waals surface area (Å²) in [4.78, 5) is 27.8. The third-order valence-corrected chi connectivity index (χ3v) is 4.68. The van der Waals surface area contributed by atoms with Crippen LogP contribution in [0.2, 0.25) is 0 Å². The molecule has 0 saturated carbocycles. The number of aromatic nitrogens is 2. The van der Waals surface area contributed by atoms with Crippen molar-refractivity contribution in [3.63, 3.8) is 0 Å². The standard InChI is InChI=1S/C23H23FN2O4/c1-3-30-21(29)14-18(28)13-17(27)10-11-20-22(15-6-8-16(24)9-7-15)19-5-4-12-25-23(19)26(20)2/h4-12,17,27H,3,13-14H2,1-2H3. The largest absolute Gasteiger partial charge is 0.466 e. The number of hydrogen-bond donors (Lipinski definition) is 1. The van der Waals surface area contributed by atoms with Crippen LogP contribution in [0, 0.1) is 5.82 Å². The van der Waals surface area contributed by atoms with Gasteiger partial charge in [0.2, 0.25) is 0 Å².